The van der Waals surface area contributed by atoms with Gasteiger partial charge in [0.1, 0.15) is 0 Å². The van der Waals surface area contributed by atoms with Crippen molar-refractivity contribution < 1.29 is 18.0 Å². The minimum Gasteiger partial charge on any atom is -0.324 e. The zero-order chi connectivity index (χ0) is 20.8. The first-order chi connectivity index (χ1) is 13.8. The highest BCUT2D eigenvalue weighted by molar-refractivity contribution is 8.01. The number of hydrogen-bond acceptors (Lipinski definition) is 5. The van der Waals surface area contributed by atoms with Crippen molar-refractivity contribution >= 4 is 44.8 Å². The van der Waals surface area contributed by atoms with Crippen LogP contribution in [-0.4, -0.2) is 37.8 Å². The van der Waals surface area contributed by atoms with Crippen LogP contribution in [0.1, 0.15) is 19.4 Å². The van der Waals surface area contributed by atoms with Crippen LogP contribution in [0.3, 0.4) is 0 Å². The number of hydrogen-bond donors (Lipinski definition) is 1. The van der Waals surface area contributed by atoms with E-state index in [4.69, 9.17) is 0 Å². The summed E-state index contributed by atoms with van der Waals surface area (Å²) in [7, 11) is -3.68. The van der Waals surface area contributed by atoms with Gasteiger partial charge >= 0.3 is 0 Å². The summed E-state index contributed by atoms with van der Waals surface area (Å²) in [4.78, 5) is 27.5. The number of fused-ring (bicyclic) bond motifs is 2. The molecular weight excluding hydrogens is 408 g/mol. The molecule has 1 N–H and O–H groups in total. The van der Waals surface area contributed by atoms with Gasteiger partial charge in [-0.3, -0.25) is 9.59 Å². The lowest BCUT2D eigenvalue weighted by Crippen LogP contribution is -2.36. The molecule has 2 aliphatic rings. The molecule has 4 rings (SSSR count). The molecule has 0 saturated carbocycles. The van der Waals surface area contributed by atoms with Gasteiger partial charge < -0.3 is 10.2 Å². The van der Waals surface area contributed by atoms with Gasteiger partial charge in [0.15, 0.2) is 9.84 Å². The van der Waals surface area contributed by atoms with Gasteiger partial charge in [0.25, 0.3) is 0 Å². The highest BCUT2D eigenvalue weighted by Gasteiger charge is 2.32. The Kier molecular flexibility index (Phi) is 5.16. The SMILES string of the molecule is C[C@@H]1Sc2ccc(S(=O)(=O)C[C@H](C)C(=O)N3CCc4ccccc43)cc2NC1=O. The first-order valence-corrected chi connectivity index (χ1v) is 12.0. The number of anilines is 2. The van der Waals surface area contributed by atoms with Crippen molar-refractivity contribution in [1.82, 2.24) is 0 Å². The number of nitrogens with zero attached hydrogens (tertiary/aromatic N) is 1. The Morgan fingerprint density at radius 3 is 2.83 bits per heavy atom. The van der Waals surface area contributed by atoms with Crippen molar-refractivity contribution in [2.24, 2.45) is 5.92 Å². The number of carbonyl (C=O) groups excluding carboxylic acids is 2. The Bertz CT molecular complexity index is 1100. The van der Waals surface area contributed by atoms with Crippen molar-refractivity contribution in [1.29, 1.82) is 0 Å². The average Bonchev–Trinajstić information content (AvgIpc) is 3.11. The van der Waals surface area contributed by atoms with E-state index in [1.165, 1.54) is 17.8 Å². The van der Waals surface area contributed by atoms with Crippen molar-refractivity contribution in [2.75, 3.05) is 22.5 Å². The van der Waals surface area contributed by atoms with Crippen LogP contribution in [0.25, 0.3) is 0 Å². The maximum Gasteiger partial charge on any atom is 0.237 e. The molecule has 29 heavy (non-hydrogen) atoms. The summed E-state index contributed by atoms with van der Waals surface area (Å²) in [6.45, 7) is 4.03. The van der Waals surface area contributed by atoms with Gasteiger partial charge in [0.05, 0.1) is 21.6 Å². The molecule has 2 aromatic carbocycles. The summed E-state index contributed by atoms with van der Waals surface area (Å²) in [5.74, 6) is -1.28. The largest absolute Gasteiger partial charge is 0.324 e. The second kappa shape index (κ2) is 7.50. The molecule has 2 atom stereocenters. The van der Waals surface area contributed by atoms with Crippen LogP contribution in [0, 0.1) is 5.92 Å². The van der Waals surface area contributed by atoms with Gasteiger partial charge in [-0.1, -0.05) is 25.1 Å². The second-order valence-corrected chi connectivity index (χ2v) is 10.9. The van der Waals surface area contributed by atoms with Crippen molar-refractivity contribution in [2.45, 2.75) is 35.3 Å². The van der Waals surface area contributed by atoms with Gasteiger partial charge in [0.2, 0.25) is 11.8 Å². The molecule has 0 unspecified atom stereocenters. The third-order valence-electron chi connectivity index (χ3n) is 5.29. The summed E-state index contributed by atoms with van der Waals surface area (Å²) >= 11 is 1.40. The van der Waals surface area contributed by atoms with Crippen LogP contribution in [-0.2, 0) is 25.8 Å². The highest BCUT2D eigenvalue weighted by atomic mass is 32.2. The molecule has 0 spiro atoms. The number of amides is 2. The zero-order valence-electron chi connectivity index (χ0n) is 16.2. The monoisotopic (exact) mass is 430 g/mol. The van der Waals surface area contributed by atoms with Gasteiger partial charge in [-0.05, 0) is 43.2 Å². The molecule has 0 aliphatic carbocycles. The maximum absolute atomic E-state index is 12.9. The van der Waals surface area contributed by atoms with Crippen molar-refractivity contribution in [3.8, 4) is 0 Å². The smallest absolute Gasteiger partial charge is 0.237 e. The van der Waals surface area contributed by atoms with E-state index >= 15 is 0 Å². The van der Waals surface area contributed by atoms with Crippen LogP contribution in [0.2, 0.25) is 0 Å². The Morgan fingerprint density at radius 1 is 1.28 bits per heavy atom. The van der Waals surface area contributed by atoms with E-state index in [9.17, 15) is 18.0 Å². The zero-order valence-corrected chi connectivity index (χ0v) is 17.8. The quantitative estimate of drug-likeness (QED) is 0.806. The molecule has 0 radical (unpaired) electrons. The summed E-state index contributed by atoms with van der Waals surface area (Å²) in [6, 6.07) is 12.5. The normalized spacial score (nSPS) is 19.3. The molecule has 2 amide bonds. The van der Waals surface area contributed by atoms with E-state index in [-0.39, 0.29) is 27.7 Å². The van der Waals surface area contributed by atoms with Crippen LogP contribution < -0.4 is 10.2 Å². The summed E-state index contributed by atoms with van der Waals surface area (Å²) in [5.41, 5.74) is 2.48. The molecule has 0 fully saturated rings. The number of nitrogens with one attached hydrogen (secondary N) is 1. The van der Waals surface area contributed by atoms with Gasteiger partial charge in [0, 0.05) is 23.0 Å². The number of benzene rings is 2. The Balaban J connectivity index is 1.52. The Labute approximate surface area is 174 Å². The molecule has 0 saturated heterocycles. The Morgan fingerprint density at radius 2 is 2.03 bits per heavy atom. The van der Waals surface area contributed by atoms with E-state index in [0.29, 0.717) is 12.2 Å². The lowest BCUT2D eigenvalue weighted by atomic mass is 10.1. The fourth-order valence-corrected chi connectivity index (χ4v) is 6.21. The summed E-state index contributed by atoms with van der Waals surface area (Å²) in [6.07, 6.45) is 0.780. The first kappa shape index (κ1) is 20.0. The number of rotatable bonds is 4. The van der Waals surface area contributed by atoms with Gasteiger partial charge in [-0.25, -0.2) is 8.42 Å². The van der Waals surface area contributed by atoms with Crippen LogP contribution in [0.5, 0.6) is 0 Å². The average molecular weight is 431 g/mol. The predicted molar refractivity (Wildman–Crippen MR) is 114 cm³/mol. The summed E-state index contributed by atoms with van der Waals surface area (Å²) in [5, 5.41) is 2.54. The molecule has 152 valence electrons. The molecule has 2 aliphatic heterocycles. The molecule has 2 aromatic rings. The standard InChI is InChI=1S/C21H22N2O4S2/c1-13(21(25)23-10-9-15-5-3-4-6-18(15)23)12-29(26,27)16-7-8-19-17(11-16)22-20(24)14(2)28-19/h3-8,11,13-14H,9-10,12H2,1-2H3,(H,22,24)/t13-,14-/m0/s1. The molecule has 2 heterocycles. The van der Waals surface area contributed by atoms with Gasteiger partial charge in [-0.15, -0.1) is 11.8 Å². The molecular formula is C21H22N2O4S2. The lowest BCUT2D eigenvalue weighted by molar-refractivity contribution is -0.121. The minimum atomic E-state index is -3.68. The first-order valence-electron chi connectivity index (χ1n) is 9.50. The molecule has 6 nitrogen and oxygen atoms in total. The van der Waals surface area contributed by atoms with E-state index in [1.54, 1.807) is 30.9 Å². The maximum atomic E-state index is 12.9. The second-order valence-electron chi connectivity index (χ2n) is 7.46. The van der Waals surface area contributed by atoms with E-state index in [0.717, 1.165) is 22.6 Å². The predicted octanol–water partition coefficient (Wildman–Crippen LogP) is 3.12. The number of carbonyl (C=O) groups is 2. The van der Waals surface area contributed by atoms with Crippen LogP contribution >= 0.6 is 11.8 Å². The van der Waals surface area contributed by atoms with Gasteiger partial charge in [-0.2, -0.15) is 0 Å². The third kappa shape index (κ3) is 3.79. The van der Waals surface area contributed by atoms with E-state index in [1.807, 2.05) is 24.3 Å². The fourth-order valence-electron chi connectivity index (χ4n) is 3.71. The fraction of sp³-hybridized carbons (Fsp3) is 0.333. The van der Waals surface area contributed by atoms with Crippen LogP contribution in [0.15, 0.2) is 52.3 Å². The summed E-state index contributed by atoms with van der Waals surface area (Å²) < 4.78 is 25.9. The number of para-hydroxylation sites is 1. The molecule has 0 aromatic heterocycles. The Hall–Kier alpha value is -2.32. The molecule has 8 heteroatoms. The topological polar surface area (TPSA) is 83.6 Å². The number of sulfone groups is 1. The van der Waals surface area contributed by atoms with Crippen LogP contribution in [0.4, 0.5) is 11.4 Å². The molecule has 0 bridgehead atoms. The number of thioether (sulfide) groups is 1. The minimum absolute atomic E-state index is 0.119. The van der Waals surface area contributed by atoms with E-state index in [2.05, 4.69) is 5.32 Å². The van der Waals surface area contributed by atoms with E-state index < -0.39 is 15.8 Å². The highest BCUT2D eigenvalue weighted by Crippen LogP contribution is 2.37. The van der Waals surface area contributed by atoms with Crippen molar-refractivity contribution in [3.63, 3.8) is 0 Å². The lowest BCUT2D eigenvalue weighted by Gasteiger charge is -2.23. The van der Waals surface area contributed by atoms with Crippen molar-refractivity contribution in [3.05, 3.63) is 48.0 Å². The third-order valence-corrected chi connectivity index (χ3v) is 8.37.